The van der Waals surface area contributed by atoms with Crippen molar-refractivity contribution in [1.29, 1.82) is 0 Å². The van der Waals surface area contributed by atoms with Gasteiger partial charge in [-0.3, -0.25) is 4.99 Å². The molecular formula is C23H38IN3O2. The first kappa shape index (κ1) is 24.3. The highest BCUT2D eigenvalue weighted by Gasteiger charge is 2.35. The Balaban J connectivity index is 0.00000300. The van der Waals surface area contributed by atoms with Crippen LogP contribution in [-0.2, 0) is 11.3 Å². The second-order valence-corrected chi connectivity index (χ2v) is 9.14. The zero-order valence-corrected chi connectivity index (χ0v) is 20.7. The quantitative estimate of drug-likeness (QED) is 0.327. The van der Waals surface area contributed by atoms with E-state index in [0.717, 1.165) is 31.3 Å². The van der Waals surface area contributed by atoms with Gasteiger partial charge in [-0.2, -0.15) is 0 Å². The minimum atomic E-state index is 0. The van der Waals surface area contributed by atoms with Crippen LogP contribution in [0.25, 0.3) is 0 Å². The number of nitrogens with zero attached hydrogens (tertiary/aromatic N) is 1. The average molecular weight is 515 g/mol. The SMILES string of the molecule is CN=C(NCc1ccccc1OC1CCC1)NCC1CCCOC1C(C)(C)C.I. The lowest BCUT2D eigenvalue weighted by molar-refractivity contribution is -0.0835. The number of hydrogen-bond acceptors (Lipinski definition) is 3. The Morgan fingerprint density at radius 3 is 2.55 bits per heavy atom. The molecule has 1 aliphatic heterocycles. The van der Waals surface area contributed by atoms with E-state index >= 15 is 0 Å². The Hall–Kier alpha value is -1.02. The van der Waals surface area contributed by atoms with Crippen LogP contribution in [0.5, 0.6) is 5.75 Å². The molecule has 29 heavy (non-hydrogen) atoms. The zero-order valence-electron chi connectivity index (χ0n) is 18.4. The minimum absolute atomic E-state index is 0. The third-order valence-corrected chi connectivity index (χ3v) is 5.82. The third kappa shape index (κ3) is 7.02. The van der Waals surface area contributed by atoms with Gasteiger partial charge in [-0.25, -0.2) is 0 Å². The van der Waals surface area contributed by atoms with E-state index in [4.69, 9.17) is 9.47 Å². The van der Waals surface area contributed by atoms with Gasteiger partial charge in [0.1, 0.15) is 5.75 Å². The molecule has 5 nitrogen and oxygen atoms in total. The van der Waals surface area contributed by atoms with Gasteiger partial charge < -0.3 is 20.1 Å². The van der Waals surface area contributed by atoms with Crippen LogP contribution in [0, 0.1) is 11.3 Å². The van der Waals surface area contributed by atoms with Crippen molar-refractivity contribution in [2.75, 3.05) is 20.2 Å². The predicted octanol–water partition coefficient (Wildman–Crippen LogP) is 4.74. The number of halogens is 1. The van der Waals surface area contributed by atoms with Gasteiger partial charge in [0, 0.05) is 38.2 Å². The van der Waals surface area contributed by atoms with Crippen LogP contribution in [0.15, 0.2) is 29.3 Å². The molecule has 2 fully saturated rings. The topological polar surface area (TPSA) is 54.9 Å². The summed E-state index contributed by atoms with van der Waals surface area (Å²) in [6.07, 6.45) is 6.62. The van der Waals surface area contributed by atoms with Gasteiger partial charge in [-0.15, -0.1) is 24.0 Å². The van der Waals surface area contributed by atoms with Crippen molar-refractivity contribution in [2.24, 2.45) is 16.3 Å². The maximum absolute atomic E-state index is 6.14. The van der Waals surface area contributed by atoms with Crippen LogP contribution in [0.2, 0.25) is 0 Å². The van der Waals surface area contributed by atoms with Gasteiger partial charge in [0.25, 0.3) is 0 Å². The van der Waals surface area contributed by atoms with E-state index in [2.05, 4.69) is 54.6 Å². The molecule has 1 aliphatic carbocycles. The third-order valence-electron chi connectivity index (χ3n) is 5.82. The molecular weight excluding hydrogens is 477 g/mol. The summed E-state index contributed by atoms with van der Waals surface area (Å²) >= 11 is 0. The second kappa shape index (κ2) is 11.4. The molecule has 0 radical (unpaired) electrons. The number of nitrogens with one attached hydrogen (secondary N) is 2. The van der Waals surface area contributed by atoms with Gasteiger partial charge in [0.15, 0.2) is 5.96 Å². The predicted molar refractivity (Wildman–Crippen MR) is 130 cm³/mol. The summed E-state index contributed by atoms with van der Waals surface area (Å²) in [5, 5.41) is 6.96. The average Bonchev–Trinajstić information content (AvgIpc) is 2.65. The van der Waals surface area contributed by atoms with E-state index < -0.39 is 0 Å². The van der Waals surface area contributed by atoms with Crippen molar-refractivity contribution in [3.8, 4) is 5.75 Å². The lowest BCUT2D eigenvalue weighted by Gasteiger charge is -2.40. The number of hydrogen-bond donors (Lipinski definition) is 2. The summed E-state index contributed by atoms with van der Waals surface area (Å²) in [6.45, 7) is 9.25. The van der Waals surface area contributed by atoms with Crippen molar-refractivity contribution in [3.63, 3.8) is 0 Å². The number of guanidine groups is 1. The zero-order chi connectivity index (χ0) is 20.0. The minimum Gasteiger partial charge on any atom is -0.490 e. The van der Waals surface area contributed by atoms with Gasteiger partial charge in [0.05, 0.1) is 12.2 Å². The Labute approximate surface area is 193 Å². The Morgan fingerprint density at radius 1 is 1.14 bits per heavy atom. The number of ether oxygens (including phenoxy) is 2. The molecule has 164 valence electrons. The molecule has 1 aromatic rings. The van der Waals surface area contributed by atoms with Crippen LogP contribution in [-0.4, -0.2) is 38.4 Å². The first-order valence-corrected chi connectivity index (χ1v) is 10.8. The van der Waals surface area contributed by atoms with Crippen molar-refractivity contribution < 1.29 is 9.47 Å². The maximum atomic E-state index is 6.14. The molecule has 2 aliphatic rings. The van der Waals surface area contributed by atoms with Crippen LogP contribution >= 0.6 is 24.0 Å². The Morgan fingerprint density at radius 2 is 1.90 bits per heavy atom. The van der Waals surface area contributed by atoms with E-state index in [9.17, 15) is 0 Å². The van der Waals surface area contributed by atoms with E-state index in [0.29, 0.717) is 18.6 Å². The highest BCUT2D eigenvalue weighted by atomic mass is 127. The Kier molecular flexibility index (Phi) is 9.53. The number of para-hydroxylation sites is 1. The van der Waals surface area contributed by atoms with Crippen LogP contribution < -0.4 is 15.4 Å². The molecule has 0 spiro atoms. The lowest BCUT2D eigenvalue weighted by atomic mass is 9.78. The molecule has 0 amide bonds. The highest BCUT2D eigenvalue weighted by Crippen LogP contribution is 2.33. The first-order valence-electron chi connectivity index (χ1n) is 10.8. The van der Waals surface area contributed by atoms with Gasteiger partial charge in [0.2, 0.25) is 0 Å². The maximum Gasteiger partial charge on any atom is 0.191 e. The van der Waals surface area contributed by atoms with Crippen molar-refractivity contribution in [3.05, 3.63) is 29.8 Å². The van der Waals surface area contributed by atoms with Crippen LogP contribution in [0.4, 0.5) is 0 Å². The van der Waals surface area contributed by atoms with E-state index in [1.54, 1.807) is 0 Å². The van der Waals surface area contributed by atoms with Gasteiger partial charge >= 0.3 is 0 Å². The van der Waals surface area contributed by atoms with Gasteiger partial charge in [-0.1, -0.05) is 39.0 Å². The number of benzene rings is 1. The largest absolute Gasteiger partial charge is 0.490 e. The smallest absolute Gasteiger partial charge is 0.191 e. The van der Waals surface area contributed by atoms with Crippen LogP contribution in [0.1, 0.15) is 58.4 Å². The van der Waals surface area contributed by atoms with Crippen molar-refractivity contribution in [1.82, 2.24) is 10.6 Å². The fourth-order valence-electron chi connectivity index (χ4n) is 4.07. The molecule has 2 N–H and O–H groups in total. The summed E-state index contributed by atoms with van der Waals surface area (Å²) in [6, 6.07) is 8.30. The molecule has 1 heterocycles. The first-order chi connectivity index (χ1) is 13.5. The molecule has 1 aromatic carbocycles. The van der Waals surface area contributed by atoms with Crippen LogP contribution in [0.3, 0.4) is 0 Å². The summed E-state index contributed by atoms with van der Waals surface area (Å²) < 4.78 is 12.2. The molecule has 2 atom stereocenters. The summed E-state index contributed by atoms with van der Waals surface area (Å²) in [5.74, 6) is 2.32. The lowest BCUT2D eigenvalue weighted by Crippen LogP contribution is -2.47. The van der Waals surface area contributed by atoms with E-state index in [-0.39, 0.29) is 35.5 Å². The van der Waals surface area contributed by atoms with Gasteiger partial charge in [-0.05, 0) is 43.6 Å². The fraction of sp³-hybridized carbons (Fsp3) is 0.696. The second-order valence-electron chi connectivity index (χ2n) is 9.14. The van der Waals surface area contributed by atoms with Crippen molar-refractivity contribution in [2.45, 2.75) is 71.6 Å². The monoisotopic (exact) mass is 515 g/mol. The normalized spacial score (nSPS) is 23.0. The molecule has 0 bridgehead atoms. The molecule has 6 heteroatoms. The van der Waals surface area contributed by atoms with E-state index in [1.165, 1.54) is 31.2 Å². The molecule has 1 saturated heterocycles. The Bertz CT molecular complexity index is 656. The number of rotatable bonds is 6. The molecule has 3 rings (SSSR count). The van der Waals surface area contributed by atoms with E-state index in [1.807, 2.05) is 13.1 Å². The molecule has 0 aromatic heterocycles. The molecule has 1 saturated carbocycles. The fourth-order valence-corrected chi connectivity index (χ4v) is 4.07. The summed E-state index contributed by atoms with van der Waals surface area (Å²) in [4.78, 5) is 4.41. The van der Waals surface area contributed by atoms with Crippen molar-refractivity contribution >= 4 is 29.9 Å². The molecule has 2 unspecified atom stereocenters. The summed E-state index contributed by atoms with van der Waals surface area (Å²) in [7, 11) is 1.82. The number of aliphatic imine (C=N–C) groups is 1. The standard InChI is InChI=1S/C23H37N3O2.HI/c1-23(2,3)21-18(10-8-14-27-21)16-26-22(24-4)25-15-17-9-5-6-13-20(17)28-19-11-7-12-19;/h5-6,9,13,18-19,21H,7-8,10-12,14-16H2,1-4H3,(H2,24,25,26);1H. The highest BCUT2D eigenvalue weighted by molar-refractivity contribution is 14.0. The summed E-state index contributed by atoms with van der Waals surface area (Å²) in [5.41, 5.74) is 1.33.